The maximum Gasteiger partial charge on any atom is 0.273 e. The fraction of sp³-hybridized carbons (Fsp3) is 0.636. The Kier molecular flexibility index (Phi) is 4.15. The molecule has 0 spiro atoms. The Morgan fingerprint density at radius 2 is 2.21 bits per heavy atom. The zero-order valence-corrected chi connectivity index (χ0v) is 12.1. The summed E-state index contributed by atoms with van der Waals surface area (Å²) in [4.78, 5) is 11.8. The van der Waals surface area contributed by atoms with Crippen LogP contribution >= 0.6 is 10.7 Å². The van der Waals surface area contributed by atoms with Crippen LogP contribution in [-0.2, 0) is 15.5 Å². The molecule has 1 aromatic heterocycles. The molecule has 2 rings (SSSR count). The average Bonchev–Trinajstić information content (AvgIpc) is 3.04. The van der Waals surface area contributed by atoms with Crippen molar-refractivity contribution in [2.75, 3.05) is 6.54 Å². The summed E-state index contributed by atoms with van der Waals surface area (Å²) in [7, 11) is 1.40. The molecule has 1 aliphatic carbocycles. The summed E-state index contributed by atoms with van der Waals surface area (Å²) in [5.41, 5.74) is 0.244. The van der Waals surface area contributed by atoms with Gasteiger partial charge in [-0.1, -0.05) is 13.3 Å². The van der Waals surface area contributed by atoms with Crippen LogP contribution in [0.15, 0.2) is 4.90 Å². The highest BCUT2D eigenvalue weighted by molar-refractivity contribution is 8.13. The Morgan fingerprint density at radius 1 is 1.53 bits per heavy atom. The van der Waals surface area contributed by atoms with Gasteiger partial charge in [0.25, 0.3) is 15.0 Å². The first-order valence-electron chi connectivity index (χ1n) is 6.23. The fourth-order valence-corrected chi connectivity index (χ4v) is 3.16. The van der Waals surface area contributed by atoms with Gasteiger partial charge in [0.05, 0.1) is 5.69 Å². The molecule has 1 aromatic rings. The monoisotopic (exact) mass is 305 g/mol. The van der Waals surface area contributed by atoms with Gasteiger partial charge in [-0.05, 0) is 25.2 Å². The van der Waals surface area contributed by atoms with E-state index in [0.717, 1.165) is 19.3 Å². The number of nitrogens with one attached hydrogen (secondary N) is 2. The Morgan fingerprint density at radius 3 is 2.74 bits per heavy atom. The molecule has 0 aromatic carbocycles. The molecule has 0 atom stereocenters. The molecule has 0 unspecified atom stereocenters. The van der Waals surface area contributed by atoms with Crippen LogP contribution in [0, 0.1) is 5.92 Å². The SMILES string of the molecule is CCCc1[nH]nc(C(=O)NCC2CC2)c1S(=O)(=O)Cl. The molecule has 1 heterocycles. The molecule has 1 fully saturated rings. The molecule has 0 saturated heterocycles. The highest BCUT2D eigenvalue weighted by atomic mass is 35.7. The summed E-state index contributed by atoms with van der Waals surface area (Å²) in [6, 6.07) is 0. The predicted molar refractivity (Wildman–Crippen MR) is 70.7 cm³/mol. The minimum absolute atomic E-state index is 0.140. The van der Waals surface area contributed by atoms with Crippen LogP contribution in [-0.4, -0.2) is 31.1 Å². The van der Waals surface area contributed by atoms with Crippen LogP contribution in [0.25, 0.3) is 0 Å². The third kappa shape index (κ3) is 3.48. The first-order chi connectivity index (χ1) is 8.93. The third-order valence-corrected chi connectivity index (χ3v) is 4.39. The van der Waals surface area contributed by atoms with Crippen molar-refractivity contribution in [3.63, 3.8) is 0 Å². The number of H-pyrrole nitrogens is 1. The number of aryl methyl sites for hydroxylation is 1. The van der Waals surface area contributed by atoms with E-state index in [2.05, 4.69) is 15.5 Å². The first kappa shape index (κ1) is 14.3. The minimum atomic E-state index is -3.99. The van der Waals surface area contributed by atoms with Gasteiger partial charge in [0, 0.05) is 17.2 Å². The highest BCUT2D eigenvalue weighted by Gasteiger charge is 2.29. The average molecular weight is 306 g/mol. The van der Waals surface area contributed by atoms with Crippen molar-refractivity contribution in [2.45, 2.75) is 37.5 Å². The lowest BCUT2D eigenvalue weighted by molar-refractivity contribution is 0.0943. The molecule has 0 bridgehead atoms. The van der Waals surface area contributed by atoms with Crippen molar-refractivity contribution < 1.29 is 13.2 Å². The molecule has 1 aliphatic rings. The molecule has 8 heteroatoms. The van der Waals surface area contributed by atoms with Gasteiger partial charge in [0.2, 0.25) is 0 Å². The second-order valence-electron chi connectivity index (χ2n) is 4.72. The molecular weight excluding hydrogens is 290 g/mol. The predicted octanol–water partition coefficient (Wildman–Crippen LogP) is 1.43. The number of carbonyl (C=O) groups excluding carboxylic acids is 1. The summed E-state index contributed by atoms with van der Waals surface area (Å²) >= 11 is 0. The van der Waals surface area contributed by atoms with Crippen LogP contribution in [0.5, 0.6) is 0 Å². The summed E-state index contributed by atoms with van der Waals surface area (Å²) in [5.74, 6) is 0.0128. The second-order valence-corrected chi connectivity index (χ2v) is 7.22. The quantitative estimate of drug-likeness (QED) is 0.778. The van der Waals surface area contributed by atoms with E-state index >= 15 is 0 Å². The van der Waals surface area contributed by atoms with E-state index in [4.69, 9.17) is 10.7 Å². The molecule has 19 heavy (non-hydrogen) atoms. The van der Waals surface area contributed by atoms with E-state index < -0.39 is 15.0 Å². The van der Waals surface area contributed by atoms with Crippen LogP contribution in [0.2, 0.25) is 0 Å². The van der Waals surface area contributed by atoms with Gasteiger partial charge in [-0.25, -0.2) is 8.42 Å². The number of rotatable bonds is 6. The standard InChI is InChI=1S/C11H16ClN3O3S/c1-2-3-8-10(19(12,17)18)9(15-14-8)11(16)13-6-7-4-5-7/h7H,2-6H2,1H3,(H,13,16)(H,14,15). The lowest BCUT2D eigenvalue weighted by atomic mass is 10.2. The van der Waals surface area contributed by atoms with Gasteiger partial charge < -0.3 is 5.32 Å². The van der Waals surface area contributed by atoms with Gasteiger partial charge in [0.15, 0.2) is 5.69 Å². The lowest BCUT2D eigenvalue weighted by Gasteiger charge is -2.03. The van der Waals surface area contributed by atoms with Crippen molar-refractivity contribution in [1.29, 1.82) is 0 Å². The normalized spacial score (nSPS) is 15.5. The number of carbonyl (C=O) groups is 1. The van der Waals surface area contributed by atoms with Crippen molar-refractivity contribution >= 4 is 25.6 Å². The van der Waals surface area contributed by atoms with E-state index in [-0.39, 0.29) is 10.6 Å². The maximum atomic E-state index is 11.9. The summed E-state index contributed by atoms with van der Waals surface area (Å²) in [6.45, 7) is 2.45. The number of amides is 1. The zero-order chi connectivity index (χ0) is 14.0. The highest BCUT2D eigenvalue weighted by Crippen LogP contribution is 2.28. The molecule has 2 N–H and O–H groups in total. The van der Waals surface area contributed by atoms with Crippen molar-refractivity contribution in [2.24, 2.45) is 5.92 Å². The molecule has 1 saturated carbocycles. The Bertz CT molecular complexity index is 578. The van der Waals surface area contributed by atoms with E-state index in [1.54, 1.807) is 0 Å². The summed E-state index contributed by atoms with van der Waals surface area (Å²) in [6.07, 6.45) is 3.40. The number of halogens is 1. The smallest absolute Gasteiger partial charge is 0.273 e. The van der Waals surface area contributed by atoms with Gasteiger partial charge in [-0.3, -0.25) is 9.89 Å². The molecular formula is C11H16ClN3O3S. The van der Waals surface area contributed by atoms with Crippen LogP contribution in [0.3, 0.4) is 0 Å². The molecule has 0 aliphatic heterocycles. The lowest BCUT2D eigenvalue weighted by Crippen LogP contribution is -2.27. The number of nitrogens with zero attached hydrogens (tertiary/aromatic N) is 1. The Labute approximate surface area is 116 Å². The van der Waals surface area contributed by atoms with Crippen LogP contribution < -0.4 is 5.32 Å². The fourth-order valence-electron chi connectivity index (χ4n) is 1.85. The van der Waals surface area contributed by atoms with Gasteiger partial charge in [-0.2, -0.15) is 5.10 Å². The topological polar surface area (TPSA) is 91.9 Å². The van der Waals surface area contributed by atoms with E-state index in [1.807, 2.05) is 6.92 Å². The van der Waals surface area contributed by atoms with Gasteiger partial charge in [0.1, 0.15) is 4.90 Å². The molecule has 106 valence electrons. The zero-order valence-electron chi connectivity index (χ0n) is 10.6. The molecule has 1 amide bonds. The first-order valence-corrected chi connectivity index (χ1v) is 8.54. The minimum Gasteiger partial charge on any atom is -0.350 e. The summed E-state index contributed by atoms with van der Waals surface area (Å²) in [5, 5.41) is 9.07. The number of aromatic amines is 1. The van der Waals surface area contributed by atoms with Gasteiger partial charge in [-0.15, -0.1) is 0 Å². The third-order valence-electron chi connectivity index (χ3n) is 3.00. The van der Waals surface area contributed by atoms with Crippen molar-refractivity contribution in [1.82, 2.24) is 15.5 Å². The van der Waals surface area contributed by atoms with Crippen molar-refractivity contribution in [3.8, 4) is 0 Å². The Hall–Kier alpha value is -1.08. The molecule has 0 radical (unpaired) electrons. The van der Waals surface area contributed by atoms with E-state index in [9.17, 15) is 13.2 Å². The van der Waals surface area contributed by atoms with E-state index in [0.29, 0.717) is 24.6 Å². The van der Waals surface area contributed by atoms with Crippen LogP contribution in [0.4, 0.5) is 0 Å². The Balaban J connectivity index is 2.25. The van der Waals surface area contributed by atoms with Gasteiger partial charge >= 0.3 is 0 Å². The summed E-state index contributed by atoms with van der Waals surface area (Å²) < 4.78 is 23.2. The largest absolute Gasteiger partial charge is 0.350 e. The number of hydrogen-bond acceptors (Lipinski definition) is 4. The van der Waals surface area contributed by atoms with Crippen molar-refractivity contribution in [3.05, 3.63) is 11.4 Å². The number of aromatic nitrogens is 2. The second kappa shape index (κ2) is 5.50. The molecule has 6 nitrogen and oxygen atoms in total. The number of hydrogen-bond donors (Lipinski definition) is 2. The maximum absolute atomic E-state index is 11.9. The van der Waals surface area contributed by atoms with E-state index in [1.165, 1.54) is 0 Å². The van der Waals surface area contributed by atoms with Crippen LogP contribution in [0.1, 0.15) is 42.4 Å².